The van der Waals surface area contributed by atoms with Gasteiger partial charge < -0.3 is 5.11 Å². The maximum atomic E-state index is 12.0. The molecule has 0 saturated heterocycles. The Morgan fingerprint density at radius 1 is 1.47 bits per heavy atom. The zero-order valence-electron chi connectivity index (χ0n) is 9.72. The highest BCUT2D eigenvalue weighted by Gasteiger charge is 2.22. The van der Waals surface area contributed by atoms with Crippen LogP contribution in [-0.2, 0) is 5.41 Å². The van der Waals surface area contributed by atoms with E-state index in [1.165, 1.54) is 15.7 Å². The van der Waals surface area contributed by atoms with Crippen molar-refractivity contribution in [1.29, 1.82) is 0 Å². The van der Waals surface area contributed by atoms with Gasteiger partial charge in [0, 0.05) is 16.5 Å². The van der Waals surface area contributed by atoms with Gasteiger partial charge in [-0.2, -0.15) is 0 Å². The molecule has 1 N–H and O–H groups in total. The Kier molecular flexibility index (Phi) is 2.54. The molecule has 90 valence electrons. The first-order chi connectivity index (χ1) is 7.82. The maximum absolute atomic E-state index is 12.0. The van der Waals surface area contributed by atoms with E-state index in [1.54, 1.807) is 0 Å². The van der Waals surface area contributed by atoms with Crippen LogP contribution in [0.1, 0.15) is 36.8 Å². The van der Waals surface area contributed by atoms with Gasteiger partial charge in [-0.1, -0.05) is 20.8 Å². The first kappa shape index (κ1) is 11.8. The smallest absolute Gasteiger partial charge is 0.342 e. The van der Waals surface area contributed by atoms with Gasteiger partial charge in [0.1, 0.15) is 5.56 Å². The minimum atomic E-state index is -1.25. The molecule has 0 spiro atoms. The van der Waals surface area contributed by atoms with Gasteiger partial charge in [0.25, 0.3) is 5.56 Å². The van der Waals surface area contributed by atoms with Crippen molar-refractivity contribution in [3.05, 3.63) is 33.2 Å². The van der Waals surface area contributed by atoms with Crippen LogP contribution in [0, 0.1) is 0 Å². The quantitative estimate of drug-likeness (QED) is 0.839. The SMILES string of the molecule is CC(C)(C)c1csc2ncc(C(=O)O)c(=O)n12. The van der Waals surface area contributed by atoms with Gasteiger partial charge in [-0.25, -0.2) is 9.78 Å². The first-order valence-corrected chi connectivity index (χ1v) is 5.93. The van der Waals surface area contributed by atoms with Crippen molar-refractivity contribution in [2.24, 2.45) is 0 Å². The third-order valence-corrected chi connectivity index (χ3v) is 3.28. The van der Waals surface area contributed by atoms with Gasteiger partial charge in [0.15, 0.2) is 4.96 Å². The molecule has 0 radical (unpaired) electrons. The first-order valence-electron chi connectivity index (χ1n) is 5.05. The number of aromatic carboxylic acids is 1. The minimum Gasteiger partial charge on any atom is -0.477 e. The predicted octanol–water partition coefficient (Wildman–Crippen LogP) is 1.75. The van der Waals surface area contributed by atoms with E-state index in [0.29, 0.717) is 4.96 Å². The fourth-order valence-corrected chi connectivity index (χ4v) is 2.63. The van der Waals surface area contributed by atoms with Crippen molar-refractivity contribution in [2.75, 3.05) is 0 Å². The van der Waals surface area contributed by atoms with Crippen LogP contribution in [0.15, 0.2) is 16.4 Å². The molecular formula is C11H12N2O3S. The van der Waals surface area contributed by atoms with Crippen LogP contribution in [0.25, 0.3) is 4.96 Å². The molecule has 0 fully saturated rings. The monoisotopic (exact) mass is 252 g/mol. The van der Waals surface area contributed by atoms with Gasteiger partial charge >= 0.3 is 5.97 Å². The average molecular weight is 252 g/mol. The summed E-state index contributed by atoms with van der Waals surface area (Å²) in [4.78, 5) is 27.5. The second-order valence-electron chi connectivity index (χ2n) is 4.77. The summed E-state index contributed by atoms with van der Waals surface area (Å²) in [5.41, 5.74) is -0.279. The van der Waals surface area contributed by atoms with E-state index in [2.05, 4.69) is 4.98 Å². The van der Waals surface area contributed by atoms with E-state index in [9.17, 15) is 9.59 Å². The lowest BCUT2D eigenvalue weighted by Crippen LogP contribution is -2.27. The zero-order valence-corrected chi connectivity index (χ0v) is 10.5. The van der Waals surface area contributed by atoms with Crippen molar-refractivity contribution in [1.82, 2.24) is 9.38 Å². The molecule has 2 heterocycles. The van der Waals surface area contributed by atoms with E-state index in [4.69, 9.17) is 5.11 Å². The van der Waals surface area contributed by atoms with Crippen LogP contribution >= 0.6 is 11.3 Å². The Morgan fingerprint density at radius 2 is 2.12 bits per heavy atom. The molecule has 0 bridgehead atoms. The highest BCUT2D eigenvalue weighted by Crippen LogP contribution is 2.25. The Balaban J connectivity index is 2.88. The van der Waals surface area contributed by atoms with Crippen molar-refractivity contribution < 1.29 is 9.90 Å². The topological polar surface area (TPSA) is 71.7 Å². The second kappa shape index (κ2) is 3.66. The normalized spacial score (nSPS) is 11.9. The average Bonchev–Trinajstić information content (AvgIpc) is 2.61. The van der Waals surface area contributed by atoms with Gasteiger partial charge in [-0.3, -0.25) is 9.20 Å². The molecule has 6 heteroatoms. The van der Waals surface area contributed by atoms with Crippen LogP contribution in [0.3, 0.4) is 0 Å². The number of fused-ring (bicyclic) bond motifs is 1. The summed E-state index contributed by atoms with van der Waals surface area (Å²) < 4.78 is 1.38. The summed E-state index contributed by atoms with van der Waals surface area (Å²) in [6.07, 6.45) is 1.11. The third-order valence-electron chi connectivity index (χ3n) is 2.44. The number of hydrogen-bond acceptors (Lipinski definition) is 4. The molecule has 0 aliphatic rings. The minimum absolute atomic E-state index is 0.235. The lowest BCUT2D eigenvalue weighted by molar-refractivity contribution is 0.0694. The van der Waals surface area contributed by atoms with E-state index in [0.717, 1.165) is 11.9 Å². The highest BCUT2D eigenvalue weighted by molar-refractivity contribution is 7.15. The second-order valence-corrected chi connectivity index (χ2v) is 5.61. The number of aromatic nitrogens is 2. The molecule has 0 aliphatic heterocycles. The van der Waals surface area contributed by atoms with Gasteiger partial charge in [0.2, 0.25) is 0 Å². The number of carboxylic acid groups (broad SMARTS) is 1. The Labute approximate surface area is 101 Å². The highest BCUT2D eigenvalue weighted by atomic mass is 32.1. The number of thiazole rings is 1. The fourth-order valence-electron chi connectivity index (χ4n) is 1.56. The van der Waals surface area contributed by atoms with Crippen molar-refractivity contribution in [3.8, 4) is 0 Å². The van der Waals surface area contributed by atoms with Crippen LogP contribution in [0.5, 0.6) is 0 Å². The van der Waals surface area contributed by atoms with Gasteiger partial charge in [-0.05, 0) is 0 Å². The van der Waals surface area contributed by atoms with Gasteiger partial charge in [0.05, 0.1) is 6.20 Å². The van der Waals surface area contributed by atoms with E-state index < -0.39 is 11.5 Å². The van der Waals surface area contributed by atoms with Crippen LogP contribution in [-0.4, -0.2) is 20.5 Å². The summed E-state index contributed by atoms with van der Waals surface area (Å²) in [6.45, 7) is 5.90. The predicted molar refractivity (Wildman–Crippen MR) is 65.0 cm³/mol. The molecule has 0 saturated carbocycles. The molecule has 2 aromatic rings. The third kappa shape index (κ3) is 1.84. The molecular weight excluding hydrogens is 240 g/mol. The molecule has 2 rings (SSSR count). The summed E-state index contributed by atoms with van der Waals surface area (Å²) in [7, 11) is 0. The van der Waals surface area contributed by atoms with Crippen molar-refractivity contribution in [3.63, 3.8) is 0 Å². The standard InChI is InChI=1S/C11H12N2O3S/c1-11(2,3)7-5-17-10-12-4-6(9(15)16)8(14)13(7)10/h4-5H,1-3H3,(H,15,16). The molecule has 0 unspecified atom stereocenters. The van der Waals surface area contributed by atoms with E-state index in [-0.39, 0.29) is 11.0 Å². The summed E-state index contributed by atoms with van der Waals surface area (Å²) >= 11 is 1.33. The van der Waals surface area contributed by atoms with E-state index in [1.807, 2.05) is 26.2 Å². The number of carboxylic acids is 1. The molecule has 0 aromatic carbocycles. The summed E-state index contributed by atoms with van der Waals surface area (Å²) in [5, 5.41) is 10.7. The Hall–Kier alpha value is -1.69. The van der Waals surface area contributed by atoms with Gasteiger partial charge in [-0.15, -0.1) is 11.3 Å². The van der Waals surface area contributed by atoms with Crippen LogP contribution in [0.4, 0.5) is 0 Å². The summed E-state index contributed by atoms with van der Waals surface area (Å²) in [5.74, 6) is -1.25. The lowest BCUT2D eigenvalue weighted by Gasteiger charge is -2.17. The molecule has 0 aliphatic carbocycles. The number of hydrogen-bond donors (Lipinski definition) is 1. The molecule has 2 aromatic heterocycles. The van der Waals surface area contributed by atoms with Crippen LogP contribution in [0.2, 0.25) is 0 Å². The number of nitrogens with zero attached hydrogens (tertiary/aromatic N) is 2. The largest absolute Gasteiger partial charge is 0.477 e. The number of rotatable bonds is 1. The van der Waals surface area contributed by atoms with Crippen molar-refractivity contribution in [2.45, 2.75) is 26.2 Å². The molecule has 0 atom stereocenters. The zero-order chi connectivity index (χ0) is 12.8. The summed E-state index contributed by atoms with van der Waals surface area (Å²) in [6, 6.07) is 0. The fraction of sp³-hybridized carbons (Fsp3) is 0.364. The lowest BCUT2D eigenvalue weighted by atomic mass is 9.93. The number of carbonyl (C=O) groups is 1. The molecule has 5 nitrogen and oxygen atoms in total. The Bertz CT molecular complexity index is 649. The maximum Gasteiger partial charge on any atom is 0.342 e. The molecule has 0 amide bonds. The Morgan fingerprint density at radius 3 is 2.65 bits per heavy atom. The van der Waals surface area contributed by atoms with E-state index >= 15 is 0 Å². The van der Waals surface area contributed by atoms with Crippen molar-refractivity contribution >= 4 is 22.3 Å². The van der Waals surface area contributed by atoms with Crippen LogP contribution < -0.4 is 5.56 Å². The molecule has 17 heavy (non-hydrogen) atoms.